The van der Waals surface area contributed by atoms with Crippen LogP contribution >= 0.6 is 0 Å². The molecule has 0 aliphatic heterocycles. The third kappa shape index (κ3) is 2.91. The van der Waals surface area contributed by atoms with Gasteiger partial charge in [-0.1, -0.05) is 6.92 Å². The maximum atomic E-state index is 12.9. The second-order valence-corrected chi connectivity index (χ2v) is 5.58. The maximum Gasteiger partial charge on any atom is 0.374 e. The first kappa shape index (κ1) is 16.8. The lowest BCUT2D eigenvalue weighted by Gasteiger charge is -2.07. The van der Waals surface area contributed by atoms with Crippen LogP contribution in [0, 0.1) is 6.92 Å². The second kappa shape index (κ2) is 6.47. The predicted octanol–water partition coefficient (Wildman–Crippen LogP) is 3.81. The van der Waals surface area contributed by atoms with E-state index in [4.69, 9.17) is 13.6 Å². The molecule has 0 aliphatic carbocycles. The van der Waals surface area contributed by atoms with Gasteiger partial charge >= 0.3 is 5.97 Å². The van der Waals surface area contributed by atoms with Crippen LogP contribution in [-0.2, 0) is 11.2 Å². The lowest BCUT2D eigenvalue weighted by atomic mass is 10.0. The lowest BCUT2D eigenvalue weighted by Crippen LogP contribution is -2.08. The van der Waals surface area contributed by atoms with Gasteiger partial charge < -0.3 is 18.7 Å². The first-order valence-electron chi connectivity index (χ1n) is 8.02. The SMILES string of the molecule is CCOC(=O)c1ccc(-c2c(C)oc3cc(O)c(CC)cc3c2=O)o1. The summed E-state index contributed by atoms with van der Waals surface area (Å²) in [7, 11) is 0. The summed E-state index contributed by atoms with van der Waals surface area (Å²) in [5.74, 6) is 0.103. The lowest BCUT2D eigenvalue weighted by molar-refractivity contribution is 0.0491. The van der Waals surface area contributed by atoms with Gasteiger partial charge in [0.1, 0.15) is 28.4 Å². The molecule has 3 aromatic rings. The fraction of sp³-hybridized carbons (Fsp3) is 0.263. The Labute approximate surface area is 143 Å². The number of carbonyl (C=O) groups is 1. The number of phenolic OH excluding ortho intramolecular Hbond substituents is 1. The fourth-order valence-electron chi connectivity index (χ4n) is 2.74. The fourth-order valence-corrected chi connectivity index (χ4v) is 2.74. The van der Waals surface area contributed by atoms with Gasteiger partial charge in [0, 0.05) is 6.07 Å². The van der Waals surface area contributed by atoms with Gasteiger partial charge in [-0.15, -0.1) is 0 Å². The molecule has 0 bridgehead atoms. The molecule has 0 atom stereocenters. The molecule has 0 unspecified atom stereocenters. The zero-order valence-electron chi connectivity index (χ0n) is 14.2. The molecule has 0 aliphatic rings. The summed E-state index contributed by atoms with van der Waals surface area (Å²) in [4.78, 5) is 24.7. The van der Waals surface area contributed by atoms with E-state index >= 15 is 0 Å². The molecule has 3 rings (SSSR count). The summed E-state index contributed by atoms with van der Waals surface area (Å²) in [6.45, 7) is 5.45. The quantitative estimate of drug-likeness (QED) is 0.725. The Hall–Kier alpha value is -3.02. The summed E-state index contributed by atoms with van der Waals surface area (Å²) in [5, 5.41) is 10.3. The number of fused-ring (bicyclic) bond motifs is 1. The molecule has 0 spiro atoms. The molecule has 6 heteroatoms. The van der Waals surface area contributed by atoms with Crippen LogP contribution in [0.1, 0.15) is 35.7 Å². The largest absolute Gasteiger partial charge is 0.508 e. The average Bonchev–Trinajstić information content (AvgIpc) is 3.04. The van der Waals surface area contributed by atoms with Crippen LogP contribution in [0.15, 0.2) is 37.9 Å². The number of aromatic hydroxyl groups is 1. The van der Waals surface area contributed by atoms with Crippen LogP contribution in [0.3, 0.4) is 0 Å². The molecule has 6 nitrogen and oxygen atoms in total. The first-order valence-corrected chi connectivity index (χ1v) is 8.02. The summed E-state index contributed by atoms with van der Waals surface area (Å²) in [5.41, 5.74) is 0.924. The highest BCUT2D eigenvalue weighted by Gasteiger charge is 2.20. The van der Waals surface area contributed by atoms with Crippen molar-refractivity contribution >= 4 is 16.9 Å². The van der Waals surface area contributed by atoms with E-state index < -0.39 is 5.97 Å². The monoisotopic (exact) mass is 342 g/mol. The first-order chi connectivity index (χ1) is 12.0. The second-order valence-electron chi connectivity index (χ2n) is 5.58. The zero-order chi connectivity index (χ0) is 18.1. The summed E-state index contributed by atoms with van der Waals surface area (Å²) < 4.78 is 16.1. The highest BCUT2D eigenvalue weighted by Crippen LogP contribution is 2.29. The number of aryl methyl sites for hydroxylation is 2. The smallest absolute Gasteiger partial charge is 0.374 e. The van der Waals surface area contributed by atoms with E-state index in [0.717, 1.165) is 0 Å². The Balaban J connectivity index is 2.18. The van der Waals surface area contributed by atoms with Crippen molar-refractivity contribution in [1.82, 2.24) is 0 Å². The molecule has 25 heavy (non-hydrogen) atoms. The van der Waals surface area contributed by atoms with Crippen molar-refractivity contribution in [2.75, 3.05) is 6.61 Å². The number of furan rings is 1. The van der Waals surface area contributed by atoms with Crippen molar-refractivity contribution in [3.63, 3.8) is 0 Å². The van der Waals surface area contributed by atoms with Gasteiger partial charge in [-0.25, -0.2) is 4.79 Å². The normalized spacial score (nSPS) is 11.0. The van der Waals surface area contributed by atoms with E-state index in [1.807, 2.05) is 6.92 Å². The number of esters is 1. The molecular formula is C19H18O6. The third-order valence-corrected chi connectivity index (χ3v) is 3.98. The van der Waals surface area contributed by atoms with E-state index in [-0.39, 0.29) is 34.9 Å². The van der Waals surface area contributed by atoms with Crippen molar-refractivity contribution < 1.29 is 23.5 Å². The van der Waals surface area contributed by atoms with Gasteiger partial charge in [0.15, 0.2) is 0 Å². The molecule has 0 saturated heterocycles. The van der Waals surface area contributed by atoms with E-state index in [9.17, 15) is 14.7 Å². The standard InChI is InChI=1S/C19H18O6/c1-4-11-8-12-16(9-13(11)20)24-10(3)17(18(12)21)14-6-7-15(25-14)19(22)23-5-2/h6-9,20H,4-5H2,1-3H3. The highest BCUT2D eigenvalue weighted by molar-refractivity contribution is 5.88. The van der Waals surface area contributed by atoms with Crippen molar-refractivity contribution in [2.24, 2.45) is 0 Å². The number of benzene rings is 1. The van der Waals surface area contributed by atoms with Crippen molar-refractivity contribution in [3.8, 4) is 17.1 Å². The van der Waals surface area contributed by atoms with Crippen LogP contribution in [0.25, 0.3) is 22.3 Å². The minimum Gasteiger partial charge on any atom is -0.508 e. The molecule has 1 aromatic carbocycles. The number of carbonyl (C=O) groups excluding carboxylic acids is 1. The molecule has 0 fully saturated rings. The minimum atomic E-state index is -0.588. The molecule has 0 radical (unpaired) electrons. The molecular weight excluding hydrogens is 324 g/mol. The Morgan fingerprint density at radius 1 is 1.20 bits per heavy atom. The Bertz CT molecular complexity index is 1010. The number of hydrogen-bond acceptors (Lipinski definition) is 6. The third-order valence-electron chi connectivity index (χ3n) is 3.98. The van der Waals surface area contributed by atoms with E-state index in [0.29, 0.717) is 28.7 Å². The molecule has 0 amide bonds. The summed E-state index contributed by atoms with van der Waals surface area (Å²) in [6, 6.07) is 6.07. The van der Waals surface area contributed by atoms with Crippen molar-refractivity contribution in [3.05, 3.63) is 51.6 Å². The number of hydrogen-bond donors (Lipinski definition) is 1. The summed E-state index contributed by atoms with van der Waals surface area (Å²) >= 11 is 0. The Kier molecular flexibility index (Phi) is 4.35. The minimum absolute atomic E-state index is 0.0238. The van der Waals surface area contributed by atoms with E-state index in [1.165, 1.54) is 12.1 Å². The van der Waals surface area contributed by atoms with Gasteiger partial charge in [-0.05, 0) is 44.0 Å². The van der Waals surface area contributed by atoms with Gasteiger partial charge in [0.25, 0.3) is 0 Å². The molecule has 0 saturated carbocycles. The maximum absolute atomic E-state index is 12.9. The number of phenols is 1. The van der Waals surface area contributed by atoms with Gasteiger partial charge in [0.05, 0.1) is 12.0 Å². The van der Waals surface area contributed by atoms with Crippen LogP contribution in [0.5, 0.6) is 5.75 Å². The summed E-state index contributed by atoms with van der Waals surface area (Å²) in [6.07, 6.45) is 0.582. The zero-order valence-corrected chi connectivity index (χ0v) is 14.2. The Morgan fingerprint density at radius 3 is 2.64 bits per heavy atom. The van der Waals surface area contributed by atoms with Crippen LogP contribution < -0.4 is 5.43 Å². The van der Waals surface area contributed by atoms with Gasteiger partial charge in [0.2, 0.25) is 11.2 Å². The van der Waals surface area contributed by atoms with Crippen molar-refractivity contribution in [2.45, 2.75) is 27.2 Å². The topological polar surface area (TPSA) is 89.9 Å². The van der Waals surface area contributed by atoms with Gasteiger partial charge in [-0.3, -0.25) is 4.79 Å². The molecule has 2 heterocycles. The molecule has 130 valence electrons. The van der Waals surface area contributed by atoms with E-state index in [2.05, 4.69) is 0 Å². The van der Waals surface area contributed by atoms with Gasteiger partial charge in [-0.2, -0.15) is 0 Å². The molecule has 1 N–H and O–H groups in total. The average molecular weight is 342 g/mol. The van der Waals surface area contributed by atoms with Crippen LogP contribution in [0.2, 0.25) is 0 Å². The predicted molar refractivity (Wildman–Crippen MR) is 91.9 cm³/mol. The highest BCUT2D eigenvalue weighted by atomic mass is 16.5. The van der Waals surface area contributed by atoms with E-state index in [1.54, 1.807) is 26.0 Å². The van der Waals surface area contributed by atoms with Crippen LogP contribution in [0.4, 0.5) is 0 Å². The Morgan fingerprint density at radius 2 is 1.96 bits per heavy atom. The number of rotatable bonds is 4. The molecule has 2 aromatic heterocycles. The van der Waals surface area contributed by atoms with Crippen molar-refractivity contribution in [1.29, 1.82) is 0 Å². The van der Waals surface area contributed by atoms with Crippen LogP contribution in [-0.4, -0.2) is 17.7 Å². The number of ether oxygens (including phenoxy) is 1.